The maximum Gasteiger partial charge on any atom is 0.0414 e. The van der Waals surface area contributed by atoms with E-state index in [2.05, 4.69) is 78.6 Å². The summed E-state index contributed by atoms with van der Waals surface area (Å²) in [6.45, 7) is 2.04. The molecule has 0 spiro atoms. The monoisotopic (exact) mass is 380 g/mol. The second-order valence-electron chi connectivity index (χ2n) is 5.04. The number of hydrogen-bond acceptors (Lipinski definition) is 2. The molecule has 1 aliphatic rings. The molecule has 1 fully saturated rings. The summed E-state index contributed by atoms with van der Waals surface area (Å²) in [6, 6.07) is 12.8. The SMILES string of the molecule is Brc1ccc(C2(Cc3ccc(Br)cn3)CNC2)cc1. The lowest BCUT2D eigenvalue weighted by atomic mass is 9.72. The third-order valence-electron chi connectivity index (χ3n) is 3.69. The van der Waals surface area contributed by atoms with E-state index in [1.165, 1.54) is 5.56 Å². The van der Waals surface area contributed by atoms with Gasteiger partial charge in [0.1, 0.15) is 0 Å². The summed E-state index contributed by atoms with van der Waals surface area (Å²) in [4.78, 5) is 4.50. The Bertz CT molecular complexity index is 560. The van der Waals surface area contributed by atoms with E-state index in [1.54, 1.807) is 0 Å². The molecule has 19 heavy (non-hydrogen) atoms. The maximum absolute atomic E-state index is 4.50. The molecular formula is C15H14Br2N2. The van der Waals surface area contributed by atoms with Crippen LogP contribution in [0.1, 0.15) is 11.3 Å². The Morgan fingerprint density at radius 1 is 1.00 bits per heavy atom. The molecule has 0 amide bonds. The van der Waals surface area contributed by atoms with Crippen molar-refractivity contribution in [2.24, 2.45) is 0 Å². The standard InChI is InChI=1S/C15H14Br2N2/c16-12-3-1-11(2-4-12)15(9-18-10-15)7-14-6-5-13(17)8-19-14/h1-6,8,18H,7,9-10H2. The first-order valence-electron chi connectivity index (χ1n) is 6.25. The molecule has 0 aliphatic carbocycles. The van der Waals surface area contributed by atoms with Crippen molar-refractivity contribution in [1.82, 2.24) is 10.3 Å². The van der Waals surface area contributed by atoms with Gasteiger partial charge in [0, 0.05) is 45.8 Å². The second-order valence-corrected chi connectivity index (χ2v) is 6.87. The molecule has 1 aromatic heterocycles. The van der Waals surface area contributed by atoms with Crippen LogP contribution in [-0.4, -0.2) is 18.1 Å². The maximum atomic E-state index is 4.50. The van der Waals surface area contributed by atoms with Gasteiger partial charge >= 0.3 is 0 Å². The van der Waals surface area contributed by atoms with Crippen molar-refractivity contribution < 1.29 is 0 Å². The zero-order valence-electron chi connectivity index (χ0n) is 10.4. The summed E-state index contributed by atoms with van der Waals surface area (Å²) in [5.41, 5.74) is 2.73. The summed E-state index contributed by atoms with van der Waals surface area (Å²) in [5, 5.41) is 3.40. The number of rotatable bonds is 3. The zero-order chi connectivity index (χ0) is 13.3. The minimum Gasteiger partial charge on any atom is -0.315 e. The van der Waals surface area contributed by atoms with E-state index >= 15 is 0 Å². The molecule has 2 heterocycles. The van der Waals surface area contributed by atoms with Gasteiger partial charge in [0.2, 0.25) is 0 Å². The average molecular weight is 382 g/mol. The van der Waals surface area contributed by atoms with E-state index in [0.717, 1.165) is 34.1 Å². The predicted molar refractivity (Wildman–Crippen MR) is 84.3 cm³/mol. The fourth-order valence-corrected chi connectivity index (χ4v) is 3.02. The molecule has 0 radical (unpaired) electrons. The molecule has 1 aliphatic heterocycles. The molecule has 4 heteroatoms. The lowest BCUT2D eigenvalue weighted by molar-refractivity contribution is 0.272. The number of nitrogens with zero attached hydrogens (tertiary/aromatic N) is 1. The Kier molecular flexibility index (Phi) is 3.74. The Morgan fingerprint density at radius 2 is 1.68 bits per heavy atom. The molecule has 0 saturated carbocycles. The van der Waals surface area contributed by atoms with Crippen molar-refractivity contribution in [2.75, 3.05) is 13.1 Å². The van der Waals surface area contributed by atoms with Crippen LogP contribution in [0.5, 0.6) is 0 Å². The van der Waals surface area contributed by atoms with E-state index in [9.17, 15) is 0 Å². The van der Waals surface area contributed by atoms with Gasteiger partial charge in [-0.25, -0.2) is 0 Å². The fraction of sp³-hybridized carbons (Fsp3) is 0.267. The van der Waals surface area contributed by atoms with Crippen molar-refractivity contribution in [3.63, 3.8) is 0 Å². The minimum absolute atomic E-state index is 0.196. The highest BCUT2D eigenvalue weighted by Gasteiger charge is 2.38. The van der Waals surface area contributed by atoms with Gasteiger partial charge in [0.15, 0.2) is 0 Å². The lowest BCUT2D eigenvalue weighted by Gasteiger charge is -2.43. The summed E-state index contributed by atoms with van der Waals surface area (Å²) >= 11 is 6.92. The van der Waals surface area contributed by atoms with E-state index in [-0.39, 0.29) is 5.41 Å². The summed E-state index contributed by atoms with van der Waals surface area (Å²) in [7, 11) is 0. The zero-order valence-corrected chi connectivity index (χ0v) is 13.5. The van der Waals surface area contributed by atoms with Crippen molar-refractivity contribution in [3.05, 3.63) is 62.8 Å². The van der Waals surface area contributed by atoms with E-state index in [0.29, 0.717) is 0 Å². The minimum atomic E-state index is 0.196. The summed E-state index contributed by atoms with van der Waals surface area (Å²) in [6.07, 6.45) is 2.85. The van der Waals surface area contributed by atoms with Gasteiger partial charge in [-0.2, -0.15) is 0 Å². The Labute approximate surface area is 129 Å². The van der Waals surface area contributed by atoms with Crippen LogP contribution in [0.2, 0.25) is 0 Å². The van der Waals surface area contributed by atoms with Gasteiger partial charge in [-0.05, 0) is 45.8 Å². The van der Waals surface area contributed by atoms with Gasteiger partial charge in [-0.15, -0.1) is 0 Å². The summed E-state index contributed by atoms with van der Waals surface area (Å²) < 4.78 is 2.15. The molecule has 2 nitrogen and oxygen atoms in total. The lowest BCUT2D eigenvalue weighted by Crippen LogP contribution is -2.58. The molecule has 1 N–H and O–H groups in total. The predicted octanol–water partition coefficient (Wildman–Crippen LogP) is 3.69. The number of aromatic nitrogens is 1. The first-order chi connectivity index (χ1) is 9.18. The van der Waals surface area contributed by atoms with Crippen LogP contribution in [0.4, 0.5) is 0 Å². The van der Waals surface area contributed by atoms with Crippen LogP contribution in [0, 0.1) is 0 Å². The number of halogens is 2. The molecule has 98 valence electrons. The van der Waals surface area contributed by atoms with Gasteiger partial charge in [-0.1, -0.05) is 28.1 Å². The molecular weight excluding hydrogens is 368 g/mol. The Morgan fingerprint density at radius 3 is 2.21 bits per heavy atom. The molecule has 1 saturated heterocycles. The highest BCUT2D eigenvalue weighted by Crippen LogP contribution is 2.33. The average Bonchev–Trinajstić information content (AvgIpc) is 2.37. The van der Waals surface area contributed by atoms with E-state index in [1.807, 2.05) is 6.20 Å². The fourth-order valence-electron chi connectivity index (χ4n) is 2.52. The second kappa shape index (κ2) is 5.35. The Hall–Kier alpha value is -0.710. The smallest absolute Gasteiger partial charge is 0.0414 e. The normalized spacial score (nSPS) is 16.9. The topological polar surface area (TPSA) is 24.9 Å². The van der Waals surface area contributed by atoms with Crippen LogP contribution in [0.3, 0.4) is 0 Å². The first-order valence-corrected chi connectivity index (χ1v) is 7.84. The largest absolute Gasteiger partial charge is 0.315 e. The van der Waals surface area contributed by atoms with Crippen molar-refractivity contribution in [1.29, 1.82) is 0 Å². The van der Waals surface area contributed by atoms with Gasteiger partial charge in [-0.3, -0.25) is 4.98 Å². The Balaban J connectivity index is 1.87. The van der Waals surface area contributed by atoms with Crippen LogP contribution >= 0.6 is 31.9 Å². The quantitative estimate of drug-likeness (QED) is 0.876. The number of nitrogens with one attached hydrogen (secondary N) is 1. The van der Waals surface area contributed by atoms with E-state index < -0.39 is 0 Å². The third kappa shape index (κ3) is 2.76. The molecule has 3 rings (SSSR count). The van der Waals surface area contributed by atoms with Crippen LogP contribution in [-0.2, 0) is 11.8 Å². The molecule has 2 aromatic rings. The number of pyridine rings is 1. The van der Waals surface area contributed by atoms with Gasteiger partial charge in [0.25, 0.3) is 0 Å². The van der Waals surface area contributed by atoms with Crippen LogP contribution in [0.25, 0.3) is 0 Å². The van der Waals surface area contributed by atoms with Crippen LogP contribution < -0.4 is 5.32 Å². The number of benzene rings is 1. The highest BCUT2D eigenvalue weighted by molar-refractivity contribution is 9.10. The van der Waals surface area contributed by atoms with Crippen molar-refractivity contribution in [2.45, 2.75) is 11.8 Å². The molecule has 0 atom stereocenters. The summed E-state index contributed by atoms with van der Waals surface area (Å²) in [5.74, 6) is 0. The van der Waals surface area contributed by atoms with E-state index in [4.69, 9.17) is 0 Å². The number of hydrogen-bond donors (Lipinski definition) is 1. The van der Waals surface area contributed by atoms with Crippen LogP contribution in [0.15, 0.2) is 51.5 Å². The first kappa shape index (κ1) is 13.3. The third-order valence-corrected chi connectivity index (χ3v) is 4.69. The van der Waals surface area contributed by atoms with Crippen molar-refractivity contribution in [3.8, 4) is 0 Å². The van der Waals surface area contributed by atoms with Gasteiger partial charge < -0.3 is 5.32 Å². The molecule has 0 unspecified atom stereocenters. The molecule has 0 bridgehead atoms. The highest BCUT2D eigenvalue weighted by atomic mass is 79.9. The van der Waals surface area contributed by atoms with Gasteiger partial charge in [0.05, 0.1) is 0 Å². The molecule has 1 aromatic carbocycles. The van der Waals surface area contributed by atoms with Crippen molar-refractivity contribution >= 4 is 31.9 Å².